The minimum absolute atomic E-state index is 0.128. The van der Waals surface area contributed by atoms with Crippen molar-refractivity contribution in [2.45, 2.75) is 25.6 Å². The fraction of sp³-hybridized carbons (Fsp3) is 0.222. The Morgan fingerprint density at radius 2 is 1.68 bits per heavy atom. The van der Waals surface area contributed by atoms with Crippen molar-refractivity contribution in [1.29, 1.82) is 0 Å². The monoisotopic (exact) mass is 308 g/mol. The van der Waals surface area contributed by atoms with Crippen LogP contribution >= 0.6 is 12.2 Å². The van der Waals surface area contributed by atoms with E-state index in [0.717, 1.165) is 18.5 Å². The molecule has 4 heteroatoms. The molecule has 0 N–H and O–H groups in total. The number of fused-ring (bicyclic) bond motifs is 2. The lowest BCUT2D eigenvalue weighted by atomic mass is 9.95. The van der Waals surface area contributed by atoms with Gasteiger partial charge in [-0.25, -0.2) is 0 Å². The highest BCUT2D eigenvalue weighted by atomic mass is 32.1. The van der Waals surface area contributed by atoms with Crippen LogP contribution in [0.4, 0.5) is 0 Å². The number of hydrogen-bond donors (Lipinski definition) is 0. The number of thiocarbonyl (C=S) groups is 1. The van der Waals surface area contributed by atoms with Gasteiger partial charge in [0.25, 0.3) is 5.91 Å². The summed E-state index contributed by atoms with van der Waals surface area (Å²) in [6.45, 7) is 1.29. The van der Waals surface area contributed by atoms with Crippen molar-refractivity contribution >= 4 is 23.2 Å². The molecule has 0 bridgehead atoms. The molecular formula is C18H16N2OS. The average molecular weight is 308 g/mol. The molecule has 1 atom stereocenters. The quantitative estimate of drug-likeness (QED) is 0.797. The largest absolute Gasteiger partial charge is 0.332 e. The summed E-state index contributed by atoms with van der Waals surface area (Å²) in [5.41, 5.74) is 3.65. The van der Waals surface area contributed by atoms with E-state index in [2.05, 4.69) is 17.0 Å². The minimum Gasteiger partial charge on any atom is -0.332 e. The summed E-state index contributed by atoms with van der Waals surface area (Å²) in [5, 5.41) is 0.661. The normalized spacial score (nSPS) is 20.1. The minimum atomic E-state index is -0.133. The molecule has 1 amide bonds. The first-order valence-electron chi connectivity index (χ1n) is 7.47. The van der Waals surface area contributed by atoms with Crippen LogP contribution in [-0.2, 0) is 24.3 Å². The third kappa shape index (κ3) is 2.11. The van der Waals surface area contributed by atoms with E-state index >= 15 is 0 Å². The number of hydrogen-bond acceptors (Lipinski definition) is 2. The molecule has 3 nitrogen and oxygen atoms in total. The number of carbonyl (C=O) groups excluding carboxylic acids is 1. The fourth-order valence-corrected chi connectivity index (χ4v) is 3.63. The van der Waals surface area contributed by atoms with Gasteiger partial charge in [0.1, 0.15) is 6.04 Å². The molecule has 2 heterocycles. The number of nitrogens with zero attached hydrogens (tertiary/aromatic N) is 2. The third-order valence-corrected chi connectivity index (χ3v) is 4.91. The topological polar surface area (TPSA) is 23.6 Å². The van der Waals surface area contributed by atoms with E-state index in [0.29, 0.717) is 11.7 Å². The predicted molar refractivity (Wildman–Crippen MR) is 89.1 cm³/mol. The molecule has 1 fully saturated rings. The Morgan fingerprint density at radius 3 is 2.45 bits per heavy atom. The molecule has 2 aliphatic heterocycles. The van der Waals surface area contributed by atoms with Gasteiger partial charge in [-0.1, -0.05) is 54.6 Å². The first-order chi connectivity index (χ1) is 10.7. The summed E-state index contributed by atoms with van der Waals surface area (Å²) in [6.07, 6.45) is 0.750. The van der Waals surface area contributed by atoms with Gasteiger partial charge >= 0.3 is 0 Å². The average Bonchev–Trinajstić information content (AvgIpc) is 2.79. The van der Waals surface area contributed by atoms with Crippen molar-refractivity contribution in [2.75, 3.05) is 0 Å². The lowest BCUT2D eigenvalue weighted by Gasteiger charge is -2.30. The third-order valence-electron chi connectivity index (χ3n) is 4.46. The molecule has 2 aliphatic rings. The predicted octanol–water partition coefficient (Wildman–Crippen LogP) is 2.74. The zero-order valence-corrected chi connectivity index (χ0v) is 12.9. The van der Waals surface area contributed by atoms with Gasteiger partial charge < -0.3 is 4.90 Å². The second kappa shape index (κ2) is 5.21. The van der Waals surface area contributed by atoms with Gasteiger partial charge in [-0.3, -0.25) is 9.69 Å². The molecule has 110 valence electrons. The first-order valence-corrected chi connectivity index (χ1v) is 7.87. The zero-order valence-electron chi connectivity index (χ0n) is 12.1. The van der Waals surface area contributed by atoms with Crippen LogP contribution in [0.5, 0.6) is 0 Å². The van der Waals surface area contributed by atoms with E-state index in [1.165, 1.54) is 11.1 Å². The summed E-state index contributed by atoms with van der Waals surface area (Å²) < 4.78 is 0. The van der Waals surface area contributed by atoms with Crippen molar-refractivity contribution in [2.24, 2.45) is 0 Å². The van der Waals surface area contributed by atoms with Crippen LogP contribution in [0.3, 0.4) is 0 Å². The van der Waals surface area contributed by atoms with E-state index in [1.54, 1.807) is 4.90 Å². The molecule has 1 saturated heterocycles. The van der Waals surface area contributed by atoms with E-state index < -0.39 is 0 Å². The highest BCUT2D eigenvalue weighted by molar-refractivity contribution is 7.80. The Labute approximate surface area is 135 Å². The second-order valence-electron chi connectivity index (χ2n) is 5.81. The molecule has 0 saturated carbocycles. The lowest BCUT2D eigenvalue weighted by molar-refractivity contribution is -0.128. The van der Waals surface area contributed by atoms with E-state index in [4.69, 9.17) is 12.2 Å². The smallest absolute Gasteiger partial charge is 0.252 e. The highest BCUT2D eigenvalue weighted by Gasteiger charge is 2.44. The number of amides is 1. The molecule has 4 rings (SSSR count). The maximum Gasteiger partial charge on any atom is 0.252 e. The molecule has 2 aromatic rings. The van der Waals surface area contributed by atoms with Gasteiger partial charge in [0.05, 0.1) is 6.54 Å². The Balaban J connectivity index is 1.62. The van der Waals surface area contributed by atoms with Crippen molar-refractivity contribution in [3.05, 3.63) is 71.3 Å². The van der Waals surface area contributed by atoms with Crippen molar-refractivity contribution in [3.8, 4) is 0 Å². The summed E-state index contributed by atoms with van der Waals surface area (Å²) in [4.78, 5) is 16.6. The lowest BCUT2D eigenvalue weighted by Crippen LogP contribution is -2.39. The van der Waals surface area contributed by atoms with Crippen LogP contribution in [0.25, 0.3) is 0 Å². The maximum absolute atomic E-state index is 12.8. The maximum atomic E-state index is 12.8. The first kappa shape index (κ1) is 13.5. The standard InChI is InChI=1S/C18H16N2OS/c21-17-16-10-14-8-4-5-9-15(14)12-19(16)18(22)20(17)11-13-6-2-1-3-7-13/h1-9,16H,10-12H2/t16-/m0/s1. The van der Waals surface area contributed by atoms with Crippen LogP contribution in [0.1, 0.15) is 16.7 Å². The van der Waals surface area contributed by atoms with Crippen LogP contribution in [0, 0.1) is 0 Å². The summed E-state index contributed by atoms with van der Waals surface area (Å²) in [7, 11) is 0. The highest BCUT2D eigenvalue weighted by Crippen LogP contribution is 2.30. The van der Waals surface area contributed by atoms with Crippen molar-refractivity contribution < 1.29 is 4.79 Å². The van der Waals surface area contributed by atoms with Crippen molar-refractivity contribution in [3.63, 3.8) is 0 Å². The fourth-order valence-electron chi connectivity index (χ4n) is 3.29. The molecule has 0 aliphatic carbocycles. The van der Waals surface area contributed by atoms with Gasteiger partial charge in [0.2, 0.25) is 0 Å². The van der Waals surface area contributed by atoms with Crippen LogP contribution in [0.15, 0.2) is 54.6 Å². The Morgan fingerprint density at radius 1 is 1.00 bits per heavy atom. The van der Waals surface area contributed by atoms with Gasteiger partial charge in [-0.2, -0.15) is 0 Å². The summed E-state index contributed by atoms with van der Waals surface area (Å²) in [6, 6.07) is 18.2. The summed E-state index contributed by atoms with van der Waals surface area (Å²) >= 11 is 5.57. The molecule has 0 unspecified atom stereocenters. The van der Waals surface area contributed by atoms with Gasteiger partial charge in [-0.05, 0) is 28.9 Å². The van der Waals surface area contributed by atoms with E-state index in [9.17, 15) is 4.79 Å². The zero-order chi connectivity index (χ0) is 15.1. The van der Waals surface area contributed by atoms with Crippen LogP contribution < -0.4 is 0 Å². The molecule has 0 spiro atoms. The molecule has 2 aromatic carbocycles. The molecule has 0 radical (unpaired) electrons. The van der Waals surface area contributed by atoms with Crippen molar-refractivity contribution in [1.82, 2.24) is 9.80 Å². The molecule has 0 aromatic heterocycles. The van der Waals surface area contributed by atoms with Gasteiger partial charge in [0, 0.05) is 13.0 Å². The van der Waals surface area contributed by atoms with Gasteiger partial charge in [0.15, 0.2) is 5.11 Å². The molecule has 22 heavy (non-hydrogen) atoms. The van der Waals surface area contributed by atoms with Crippen LogP contribution in [0.2, 0.25) is 0 Å². The Hall–Kier alpha value is -2.20. The molecular weight excluding hydrogens is 292 g/mol. The Bertz CT molecular complexity index is 701. The van der Waals surface area contributed by atoms with E-state index in [-0.39, 0.29) is 11.9 Å². The second-order valence-corrected chi connectivity index (χ2v) is 6.17. The SMILES string of the molecule is O=C1[C@@H]2Cc3ccccc3CN2C(=S)N1Cc1ccccc1. The number of rotatable bonds is 2. The van der Waals surface area contributed by atoms with E-state index in [1.807, 2.05) is 42.5 Å². The van der Waals surface area contributed by atoms with Gasteiger partial charge in [-0.15, -0.1) is 0 Å². The number of carbonyl (C=O) groups is 1. The van der Waals surface area contributed by atoms with Crippen LogP contribution in [-0.4, -0.2) is 26.9 Å². The Kier molecular flexibility index (Phi) is 3.19. The summed E-state index contributed by atoms with van der Waals surface area (Å²) in [5.74, 6) is 0.128. The number of benzene rings is 2.